The van der Waals surface area contributed by atoms with Gasteiger partial charge in [-0.2, -0.15) is 0 Å². The molecule has 1 aliphatic rings. The van der Waals surface area contributed by atoms with Gasteiger partial charge in [0.15, 0.2) is 0 Å². The Morgan fingerprint density at radius 3 is 2.73 bits per heavy atom. The van der Waals surface area contributed by atoms with Crippen LogP contribution in [-0.2, 0) is 5.41 Å². The first-order valence-electron chi connectivity index (χ1n) is 5.48. The molecule has 1 fully saturated rings. The second-order valence-corrected chi connectivity index (χ2v) is 5.23. The molecule has 0 heterocycles. The van der Waals surface area contributed by atoms with Gasteiger partial charge in [-0.05, 0) is 36.0 Å². The van der Waals surface area contributed by atoms with Crippen LogP contribution in [0.15, 0.2) is 24.3 Å². The van der Waals surface area contributed by atoms with Gasteiger partial charge in [0.1, 0.15) is 0 Å². The smallest absolute Gasteiger partial charge is 0.0468 e. The van der Waals surface area contributed by atoms with Gasteiger partial charge in [0.25, 0.3) is 0 Å². The van der Waals surface area contributed by atoms with Gasteiger partial charge in [0, 0.05) is 17.0 Å². The molecule has 0 bridgehead atoms. The lowest BCUT2D eigenvalue weighted by Gasteiger charge is -2.22. The lowest BCUT2D eigenvalue weighted by molar-refractivity contribution is 0.252. The summed E-state index contributed by atoms with van der Waals surface area (Å²) in [7, 11) is 0. The molecule has 1 aliphatic carbocycles. The molecular formula is C13H17ClO. The Hall–Kier alpha value is -0.530. The van der Waals surface area contributed by atoms with E-state index in [0.717, 1.165) is 11.4 Å². The number of aliphatic hydroxyl groups excluding tert-OH is 1. The van der Waals surface area contributed by atoms with Crippen LogP contribution in [0.25, 0.3) is 0 Å². The molecule has 1 aromatic carbocycles. The minimum Gasteiger partial charge on any atom is -0.396 e. The van der Waals surface area contributed by atoms with Crippen molar-refractivity contribution in [1.29, 1.82) is 0 Å². The van der Waals surface area contributed by atoms with Crippen molar-refractivity contribution < 1.29 is 5.11 Å². The summed E-state index contributed by atoms with van der Waals surface area (Å²) in [4.78, 5) is 0. The molecule has 1 aromatic rings. The predicted molar refractivity (Wildman–Crippen MR) is 63.2 cm³/mol. The topological polar surface area (TPSA) is 20.2 Å². The molecule has 1 nitrogen and oxygen atoms in total. The molecule has 1 saturated carbocycles. The van der Waals surface area contributed by atoms with Crippen LogP contribution in [0, 0.1) is 11.8 Å². The van der Waals surface area contributed by atoms with Crippen LogP contribution in [0.1, 0.15) is 25.8 Å². The van der Waals surface area contributed by atoms with Crippen molar-refractivity contribution in [2.75, 3.05) is 6.61 Å². The molecule has 0 spiro atoms. The molecule has 82 valence electrons. The average Bonchev–Trinajstić information content (AvgIpc) is 2.93. The highest BCUT2D eigenvalue weighted by atomic mass is 35.5. The minimum absolute atomic E-state index is 0.166. The molecular weight excluding hydrogens is 208 g/mol. The van der Waals surface area contributed by atoms with Crippen molar-refractivity contribution >= 4 is 11.6 Å². The maximum Gasteiger partial charge on any atom is 0.0468 e. The van der Waals surface area contributed by atoms with E-state index in [1.165, 1.54) is 5.56 Å². The molecule has 2 unspecified atom stereocenters. The van der Waals surface area contributed by atoms with Gasteiger partial charge < -0.3 is 5.11 Å². The molecule has 0 amide bonds. The summed E-state index contributed by atoms with van der Waals surface area (Å²) in [5.74, 6) is 0.962. The van der Waals surface area contributed by atoms with E-state index in [-0.39, 0.29) is 12.0 Å². The Labute approximate surface area is 96.1 Å². The van der Waals surface area contributed by atoms with Crippen molar-refractivity contribution in [2.45, 2.75) is 25.7 Å². The monoisotopic (exact) mass is 224 g/mol. The first kappa shape index (κ1) is 11.0. The fraction of sp³-hybridized carbons (Fsp3) is 0.538. The maximum atomic E-state index is 9.29. The van der Waals surface area contributed by atoms with E-state index in [4.69, 9.17) is 11.6 Å². The van der Waals surface area contributed by atoms with Gasteiger partial charge in [-0.25, -0.2) is 0 Å². The lowest BCUT2D eigenvalue weighted by Crippen LogP contribution is -2.19. The first-order chi connectivity index (χ1) is 7.11. The van der Waals surface area contributed by atoms with Crippen molar-refractivity contribution in [1.82, 2.24) is 0 Å². The van der Waals surface area contributed by atoms with Crippen LogP contribution < -0.4 is 0 Å². The summed E-state index contributed by atoms with van der Waals surface area (Å²) in [6, 6.07) is 8.06. The van der Waals surface area contributed by atoms with Crippen molar-refractivity contribution in [3.8, 4) is 0 Å². The molecule has 1 N–H and O–H groups in total. The molecule has 0 radical (unpaired) electrons. The highest BCUT2D eigenvalue weighted by Crippen LogP contribution is 2.59. The lowest BCUT2D eigenvalue weighted by atomic mass is 9.83. The number of benzene rings is 1. The molecule has 0 aliphatic heterocycles. The zero-order valence-electron chi connectivity index (χ0n) is 9.20. The Bertz CT molecular complexity index is 361. The summed E-state index contributed by atoms with van der Waals surface area (Å²) in [5, 5.41) is 10.1. The summed E-state index contributed by atoms with van der Waals surface area (Å²) in [6.45, 7) is 4.72. The Morgan fingerprint density at radius 2 is 2.27 bits per heavy atom. The van der Waals surface area contributed by atoms with Crippen molar-refractivity contribution in [2.24, 2.45) is 11.8 Å². The molecule has 15 heavy (non-hydrogen) atoms. The Balaban J connectivity index is 2.36. The molecule has 2 rings (SSSR count). The Kier molecular flexibility index (Phi) is 2.78. The molecule has 2 heteroatoms. The number of halogens is 1. The maximum absolute atomic E-state index is 9.29. The zero-order valence-corrected chi connectivity index (χ0v) is 9.96. The van der Waals surface area contributed by atoms with Crippen LogP contribution in [-0.4, -0.2) is 11.7 Å². The largest absolute Gasteiger partial charge is 0.396 e. The van der Waals surface area contributed by atoms with Crippen LogP contribution in [0.2, 0.25) is 5.02 Å². The van der Waals surface area contributed by atoms with E-state index in [1.807, 2.05) is 18.2 Å². The second kappa shape index (κ2) is 3.80. The van der Waals surface area contributed by atoms with E-state index in [9.17, 15) is 5.11 Å². The number of hydrogen-bond donors (Lipinski definition) is 1. The second-order valence-electron chi connectivity index (χ2n) is 4.79. The van der Waals surface area contributed by atoms with Crippen LogP contribution in [0.5, 0.6) is 0 Å². The van der Waals surface area contributed by atoms with E-state index in [2.05, 4.69) is 19.9 Å². The summed E-state index contributed by atoms with van der Waals surface area (Å²) in [6.07, 6.45) is 1.08. The van der Waals surface area contributed by atoms with E-state index >= 15 is 0 Å². The third kappa shape index (κ3) is 1.68. The number of rotatable bonds is 3. The predicted octanol–water partition coefficient (Wildman–Crippen LogP) is 3.25. The fourth-order valence-electron chi connectivity index (χ4n) is 2.75. The van der Waals surface area contributed by atoms with Crippen LogP contribution >= 0.6 is 11.6 Å². The van der Waals surface area contributed by atoms with Gasteiger partial charge in [-0.1, -0.05) is 37.6 Å². The zero-order chi connectivity index (χ0) is 11.1. The third-order valence-corrected chi connectivity index (χ3v) is 4.00. The highest BCUT2D eigenvalue weighted by Gasteiger charge is 2.56. The van der Waals surface area contributed by atoms with E-state index in [1.54, 1.807) is 0 Å². The SMILES string of the molecule is CC(C)C1(c2cccc(Cl)c2)CC1CO. The van der Waals surface area contributed by atoms with Crippen molar-refractivity contribution in [3.63, 3.8) is 0 Å². The fourth-order valence-corrected chi connectivity index (χ4v) is 2.94. The van der Waals surface area contributed by atoms with E-state index in [0.29, 0.717) is 11.8 Å². The minimum atomic E-state index is 0.166. The average molecular weight is 225 g/mol. The van der Waals surface area contributed by atoms with Gasteiger partial charge in [-0.15, -0.1) is 0 Å². The summed E-state index contributed by atoms with van der Waals surface area (Å²) >= 11 is 6.01. The first-order valence-corrected chi connectivity index (χ1v) is 5.86. The summed E-state index contributed by atoms with van der Waals surface area (Å²) in [5.41, 5.74) is 1.45. The van der Waals surface area contributed by atoms with Crippen molar-refractivity contribution in [3.05, 3.63) is 34.9 Å². The van der Waals surface area contributed by atoms with Gasteiger partial charge in [0.05, 0.1) is 0 Å². The van der Waals surface area contributed by atoms with Gasteiger partial charge in [-0.3, -0.25) is 0 Å². The quantitative estimate of drug-likeness (QED) is 0.836. The Morgan fingerprint density at radius 1 is 1.53 bits per heavy atom. The molecule has 0 aromatic heterocycles. The van der Waals surface area contributed by atoms with E-state index < -0.39 is 0 Å². The number of aliphatic hydroxyl groups is 1. The normalized spacial score (nSPS) is 29.5. The van der Waals surface area contributed by atoms with Crippen LogP contribution in [0.3, 0.4) is 0 Å². The molecule has 0 saturated heterocycles. The van der Waals surface area contributed by atoms with Crippen LogP contribution in [0.4, 0.5) is 0 Å². The van der Waals surface area contributed by atoms with Gasteiger partial charge >= 0.3 is 0 Å². The third-order valence-electron chi connectivity index (χ3n) is 3.77. The summed E-state index contributed by atoms with van der Waals surface area (Å²) < 4.78 is 0. The number of hydrogen-bond acceptors (Lipinski definition) is 1. The highest BCUT2D eigenvalue weighted by molar-refractivity contribution is 6.30. The standard InChI is InChI=1S/C13H17ClO/c1-9(2)13(7-11(13)8-15)10-4-3-5-12(14)6-10/h3-6,9,11,15H,7-8H2,1-2H3. The molecule has 2 atom stereocenters. The van der Waals surface area contributed by atoms with Gasteiger partial charge in [0.2, 0.25) is 0 Å².